The van der Waals surface area contributed by atoms with E-state index in [0.29, 0.717) is 25.7 Å². The number of unbranched alkanes of at least 4 members (excludes halogenated alkanes) is 1. The van der Waals surface area contributed by atoms with E-state index in [0.717, 1.165) is 25.0 Å². The van der Waals surface area contributed by atoms with E-state index in [9.17, 15) is 22.8 Å². The number of Topliss-reactive ketones (excluding diaryl/α,β-unsaturated/α-hetero) is 1. The zero-order valence-corrected chi connectivity index (χ0v) is 20.1. The number of carbonyl (C=O) groups excluding carboxylic acids is 2. The zero-order valence-electron chi connectivity index (χ0n) is 20.1. The summed E-state index contributed by atoms with van der Waals surface area (Å²) >= 11 is 0. The molecule has 0 N–H and O–H groups in total. The third kappa shape index (κ3) is 9.74. The van der Waals surface area contributed by atoms with Gasteiger partial charge in [-0.15, -0.1) is 0 Å². The minimum Gasteiger partial charge on any atom is -0.493 e. The largest absolute Gasteiger partial charge is 0.493 e. The highest BCUT2D eigenvalue weighted by atomic mass is 19.4. The molecular formula is C27H35F3O4. The third-order valence-electron chi connectivity index (χ3n) is 5.69. The predicted molar refractivity (Wildman–Crippen MR) is 125 cm³/mol. The lowest BCUT2D eigenvalue weighted by atomic mass is 9.91. The Hall–Kier alpha value is -2.57. The molecule has 1 aromatic carbocycles. The lowest BCUT2D eigenvalue weighted by Crippen LogP contribution is -2.13. The summed E-state index contributed by atoms with van der Waals surface area (Å²) in [6, 6.07) is 4.86. The Morgan fingerprint density at radius 3 is 2.68 bits per heavy atom. The van der Waals surface area contributed by atoms with Crippen LogP contribution in [0, 0.1) is 17.8 Å². The lowest BCUT2D eigenvalue weighted by molar-refractivity contribution is -0.147. The molecule has 1 aromatic rings. The summed E-state index contributed by atoms with van der Waals surface area (Å²) in [6.07, 6.45) is 7.45. The van der Waals surface area contributed by atoms with E-state index in [4.69, 9.17) is 9.47 Å². The number of ketones is 1. The van der Waals surface area contributed by atoms with E-state index in [-0.39, 0.29) is 48.0 Å². The molecule has 1 aliphatic carbocycles. The number of benzene rings is 1. The highest BCUT2D eigenvalue weighted by molar-refractivity contribution is 5.83. The van der Waals surface area contributed by atoms with Crippen molar-refractivity contribution in [2.75, 3.05) is 6.61 Å². The maximum Gasteiger partial charge on any atom is 0.416 e. The van der Waals surface area contributed by atoms with Crippen molar-refractivity contribution in [3.63, 3.8) is 0 Å². The molecule has 0 saturated heterocycles. The molecule has 0 spiro atoms. The molecule has 0 amide bonds. The highest BCUT2D eigenvalue weighted by Crippen LogP contribution is 2.33. The summed E-state index contributed by atoms with van der Waals surface area (Å²) in [4.78, 5) is 23.9. The van der Waals surface area contributed by atoms with Crippen molar-refractivity contribution in [1.82, 2.24) is 0 Å². The van der Waals surface area contributed by atoms with Crippen LogP contribution in [-0.2, 0) is 20.5 Å². The number of ether oxygens (including phenoxy) is 2. The van der Waals surface area contributed by atoms with Gasteiger partial charge >= 0.3 is 12.1 Å². The van der Waals surface area contributed by atoms with E-state index in [1.54, 1.807) is 0 Å². The molecule has 0 heterocycles. The smallest absolute Gasteiger partial charge is 0.416 e. The normalized spacial score (nSPS) is 19.9. The van der Waals surface area contributed by atoms with Gasteiger partial charge in [-0.2, -0.15) is 13.2 Å². The van der Waals surface area contributed by atoms with Crippen LogP contribution in [-0.4, -0.2) is 24.5 Å². The van der Waals surface area contributed by atoms with Crippen molar-refractivity contribution in [1.29, 1.82) is 0 Å². The van der Waals surface area contributed by atoms with E-state index in [1.807, 2.05) is 45.1 Å². The predicted octanol–water partition coefficient (Wildman–Crippen LogP) is 6.94. The van der Waals surface area contributed by atoms with Gasteiger partial charge in [-0.1, -0.05) is 37.3 Å². The molecule has 3 atom stereocenters. The molecule has 4 nitrogen and oxygen atoms in total. The average Bonchev–Trinajstić information content (AvgIpc) is 3.11. The van der Waals surface area contributed by atoms with Crippen LogP contribution in [0.15, 0.2) is 48.6 Å². The topological polar surface area (TPSA) is 52.6 Å². The van der Waals surface area contributed by atoms with Crippen LogP contribution >= 0.6 is 0 Å². The van der Waals surface area contributed by atoms with Gasteiger partial charge in [-0.3, -0.25) is 9.59 Å². The number of hydrogen-bond acceptors (Lipinski definition) is 4. The van der Waals surface area contributed by atoms with E-state index in [1.165, 1.54) is 12.1 Å². The zero-order chi connectivity index (χ0) is 25.1. The monoisotopic (exact) mass is 480 g/mol. The average molecular weight is 481 g/mol. The molecule has 0 bridgehead atoms. The molecule has 1 aliphatic rings. The molecule has 34 heavy (non-hydrogen) atoms. The first-order valence-electron chi connectivity index (χ1n) is 11.9. The molecule has 2 rings (SSSR count). The number of carbonyl (C=O) groups is 2. The Bertz CT molecular complexity index is 858. The Balaban J connectivity index is 1.77. The van der Waals surface area contributed by atoms with Crippen LogP contribution in [0.25, 0.3) is 0 Å². The van der Waals surface area contributed by atoms with Crippen molar-refractivity contribution in [2.24, 2.45) is 17.8 Å². The molecule has 7 heteroatoms. The van der Waals surface area contributed by atoms with Gasteiger partial charge in [0.2, 0.25) is 0 Å². The number of allylic oxidation sites excluding steroid dienone is 3. The third-order valence-corrected chi connectivity index (χ3v) is 5.69. The second kappa shape index (κ2) is 13.4. The lowest BCUT2D eigenvalue weighted by Gasteiger charge is -2.15. The van der Waals surface area contributed by atoms with E-state index in [2.05, 4.69) is 0 Å². The molecule has 0 radical (unpaired) electrons. The van der Waals surface area contributed by atoms with Crippen molar-refractivity contribution in [2.45, 2.75) is 71.6 Å². The van der Waals surface area contributed by atoms with Gasteiger partial charge in [0.25, 0.3) is 0 Å². The van der Waals surface area contributed by atoms with Gasteiger partial charge in [0, 0.05) is 24.7 Å². The van der Waals surface area contributed by atoms with Crippen molar-refractivity contribution in [3.8, 4) is 5.75 Å². The second-order valence-electron chi connectivity index (χ2n) is 9.11. The van der Waals surface area contributed by atoms with Crippen molar-refractivity contribution < 1.29 is 32.2 Å². The SMILES string of the molecule is CC(C=CC1CCC(=O)C1CC=CCCCC(=O)OC(C)C)COc1cccc(C(F)(F)F)c1. The van der Waals surface area contributed by atoms with Crippen LogP contribution < -0.4 is 4.74 Å². The first-order valence-corrected chi connectivity index (χ1v) is 11.9. The Morgan fingerprint density at radius 1 is 1.21 bits per heavy atom. The number of halogens is 3. The molecule has 1 fully saturated rings. The van der Waals surface area contributed by atoms with Crippen LogP contribution in [0.5, 0.6) is 5.75 Å². The summed E-state index contributed by atoms with van der Waals surface area (Å²) in [5.41, 5.74) is -0.732. The van der Waals surface area contributed by atoms with Crippen LogP contribution in [0.3, 0.4) is 0 Å². The van der Waals surface area contributed by atoms with Crippen molar-refractivity contribution in [3.05, 3.63) is 54.1 Å². The number of alkyl halides is 3. The Labute approximate surface area is 200 Å². The van der Waals surface area contributed by atoms with Crippen molar-refractivity contribution >= 4 is 11.8 Å². The molecular weight excluding hydrogens is 445 g/mol. The number of esters is 1. The van der Waals surface area contributed by atoms with Gasteiger partial charge < -0.3 is 9.47 Å². The van der Waals surface area contributed by atoms with Gasteiger partial charge in [-0.25, -0.2) is 0 Å². The number of hydrogen-bond donors (Lipinski definition) is 0. The fourth-order valence-corrected chi connectivity index (χ4v) is 3.90. The second-order valence-corrected chi connectivity index (χ2v) is 9.11. The van der Waals surface area contributed by atoms with Crippen LogP contribution in [0.2, 0.25) is 0 Å². The Kier molecular flexibility index (Phi) is 10.9. The fraction of sp³-hybridized carbons (Fsp3) is 0.556. The molecule has 3 unspecified atom stereocenters. The first-order chi connectivity index (χ1) is 16.1. The minimum atomic E-state index is -4.40. The van der Waals surface area contributed by atoms with Gasteiger partial charge in [0.1, 0.15) is 11.5 Å². The maximum absolute atomic E-state index is 12.8. The fourth-order valence-electron chi connectivity index (χ4n) is 3.90. The summed E-state index contributed by atoms with van der Waals surface area (Å²) in [7, 11) is 0. The molecule has 188 valence electrons. The van der Waals surface area contributed by atoms with Gasteiger partial charge in [-0.05, 0) is 63.6 Å². The van der Waals surface area contributed by atoms with E-state index < -0.39 is 11.7 Å². The number of rotatable bonds is 12. The molecule has 1 saturated carbocycles. The molecule has 0 aromatic heterocycles. The molecule has 0 aliphatic heterocycles. The quantitative estimate of drug-likeness (QED) is 0.185. The first kappa shape index (κ1) is 27.7. The summed E-state index contributed by atoms with van der Waals surface area (Å²) in [5.74, 6) is 0.334. The summed E-state index contributed by atoms with van der Waals surface area (Å²) in [6.45, 7) is 5.83. The van der Waals surface area contributed by atoms with Crippen LogP contribution in [0.4, 0.5) is 13.2 Å². The minimum absolute atomic E-state index is 0.00738. The summed E-state index contributed by atoms with van der Waals surface area (Å²) < 4.78 is 49.1. The van der Waals surface area contributed by atoms with Gasteiger partial charge in [0.15, 0.2) is 0 Å². The standard InChI is InChI=1S/C27H35F3O4/c1-19(2)34-26(32)12-7-5-4-6-11-24-21(15-16-25(24)31)14-13-20(3)18-33-23-10-8-9-22(17-23)27(28,29)30/h4,6,8-10,13-14,17,19-21,24H,5,7,11-12,15-16,18H2,1-3H3. The summed E-state index contributed by atoms with van der Waals surface area (Å²) in [5, 5.41) is 0. The van der Waals surface area contributed by atoms with Gasteiger partial charge in [0.05, 0.1) is 18.3 Å². The Morgan fingerprint density at radius 2 is 1.97 bits per heavy atom. The van der Waals surface area contributed by atoms with Crippen LogP contribution in [0.1, 0.15) is 64.9 Å². The van der Waals surface area contributed by atoms with E-state index >= 15 is 0 Å². The highest BCUT2D eigenvalue weighted by Gasteiger charge is 2.32. The maximum atomic E-state index is 12.8.